The molecule has 34 heavy (non-hydrogen) atoms. The van der Waals surface area contributed by atoms with E-state index in [1.54, 1.807) is 17.8 Å². The van der Waals surface area contributed by atoms with Gasteiger partial charge in [-0.3, -0.25) is 0 Å². The smallest absolute Gasteiger partial charge is 0.337 e. The number of methoxy groups -OCH3 is 1. The third kappa shape index (κ3) is 4.31. The number of halogens is 1. The molecule has 1 unspecified atom stereocenters. The minimum Gasteiger partial charge on any atom is -0.465 e. The lowest BCUT2D eigenvalue weighted by molar-refractivity contribution is 0.0600. The maximum atomic E-state index is 12.0. The number of nitrogens with zero attached hydrogens (tertiary/aromatic N) is 1. The van der Waals surface area contributed by atoms with Crippen LogP contribution in [-0.2, 0) is 4.74 Å². The van der Waals surface area contributed by atoms with Gasteiger partial charge >= 0.3 is 5.97 Å². The number of carbonyl (C=O) groups excluding carboxylic acids is 1. The maximum absolute atomic E-state index is 12.0. The second-order valence-corrected chi connectivity index (χ2v) is 9.82. The van der Waals surface area contributed by atoms with Crippen molar-refractivity contribution in [1.82, 2.24) is 0 Å². The number of hydrogen-bond acceptors (Lipinski definition) is 4. The summed E-state index contributed by atoms with van der Waals surface area (Å²) < 4.78 is 4.90. The van der Waals surface area contributed by atoms with Crippen LogP contribution in [0.4, 0.5) is 5.69 Å². The van der Waals surface area contributed by atoms with E-state index in [2.05, 4.69) is 72.5 Å². The van der Waals surface area contributed by atoms with Crippen molar-refractivity contribution in [3.63, 3.8) is 0 Å². The fourth-order valence-corrected chi connectivity index (χ4v) is 5.91. The Morgan fingerprint density at radius 3 is 2.47 bits per heavy atom. The van der Waals surface area contributed by atoms with Crippen LogP contribution in [0, 0.1) is 5.92 Å². The van der Waals surface area contributed by atoms with E-state index < -0.39 is 0 Å². The van der Waals surface area contributed by atoms with Crippen molar-refractivity contribution in [2.45, 2.75) is 18.2 Å². The van der Waals surface area contributed by atoms with Crippen LogP contribution in [0.2, 0.25) is 0 Å². The van der Waals surface area contributed by atoms with Crippen molar-refractivity contribution in [1.29, 1.82) is 0 Å². The van der Waals surface area contributed by atoms with Gasteiger partial charge in [0.05, 0.1) is 12.7 Å². The highest BCUT2D eigenvalue weighted by molar-refractivity contribution is 8.03. The van der Waals surface area contributed by atoms with Gasteiger partial charge in [-0.05, 0) is 60.9 Å². The number of fused-ring (bicyclic) bond motifs is 1. The summed E-state index contributed by atoms with van der Waals surface area (Å²) in [7, 11) is 1.40. The van der Waals surface area contributed by atoms with Crippen LogP contribution in [0.25, 0.3) is 11.1 Å². The Morgan fingerprint density at radius 2 is 1.74 bits per heavy atom. The van der Waals surface area contributed by atoms with Gasteiger partial charge in [0.25, 0.3) is 0 Å². The molecule has 1 atom stereocenters. The molecule has 5 rings (SSSR count). The van der Waals surface area contributed by atoms with E-state index in [0.29, 0.717) is 5.56 Å². The zero-order valence-corrected chi connectivity index (χ0v) is 20.6. The molecule has 3 aromatic carbocycles. The molecule has 0 bridgehead atoms. The molecule has 0 spiro atoms. The van der Waals surface area contributed by atoms with E-state index in [9.17, 15) is 4.79 Å². The molecule has 3 aromatic rings. The molecule has 0 radical (unpaired) electrons. The first-order chi connectivity index (χ1) is 16.5. The predicted octanol–water partition coefficient (Wildman–Crippen LogP) is 8.01. The molecule has 0 N–H and O–H groups in total. The number of ether oxygens (including phenoxy) is 1. The Kier molecular flexibility index (Phi) is 6.36. The first kappa shape index (κ1) is 22.6. The highest BCUT2D eigenvalue weighted by atomic mass is 35.5. The molecule has 2 aliphatic rings. The van der Waals surface area contributed by atoms with Crippen LogP contribution in [0.15, 0.2) is 117 Å². The van der Waals surface area contributed by atoms with E-state index >= 15 is 0 Å². The second-order valence-electron chi connectivity index (χ2n) is 8.27. The van der Waals surface area contributed by atoms with Crippen LogP contribution in [0.3, 0.4) is 0 Å². The van der Waals surface area contributed by atoms with Crippen LogP contribution in [0.1, 0.15) is 23.7 Å². The molecule has 0 saturated heterocycles. The number of allylic oxidation sites excluding steroid dienone is 5. The number of carbonyl (C=O) groups is 1. The standard InChI is InChI=1S/C29H24ClNO2S/c1-19-28(34-25-10-6-9-22(17-25)29(32)33-2)26-16-13-23(30)18-27(26)31(19)24-14-11-21(12-15-24)20-7-4-3-5-8-20/h3-15,17-18,26H,16H2,1-2H3. The number of rotatable bonds is 5. The van der Waals surface area contributed by atoms with E-state index in [1.165, 1.54) is 34.5 Å². The first-order valence-corrected chi connectivity index (χ1v) is 12.3. The summed E-state index contributed by atoms with van der Waals surface area (Å²) >= 11 is 8.15. The monoisotopic (exact) mass is 485 g/mol. The van der Waals surface area contributed by atoms with Crippen LogP contribution >= 0.6 is 23.4 Å². The molecule has 1 aliphatic carbocycles. The minimum absolute atomic E-state index is 0.225. The Balaban J connectivity index is 1.50. The number of anilines is 1. The van der Waals surface area contributed by atoms with Crippen molar-refractivity contribution in [2.75, 3.05) is 12.0 Å². The summed E-state index contributed by atoms with van der Waals surface area (Å²) in [6.45, 7) is 2.16. The summed E-state index contributed by atoms with van der Waals surface area (Å²) in [5, 5.41) is 0.767. The summed E-state index contributed by atoms with van der Waals surface area (Å²) in [6, 6.07) is 26.7. The fourth-order valence-electron chi connectivity index (χ4n) is 4.52. The predicted molar refractivity (Wildman–Crippen MR) is 141 cm³/mol. The number of esters is 1. The van der Waals surface area contributed by atoms with Gasteiger partial charge in [0, 0.05) is 37.8 Å². The lowest BCUT2D eigenvalue weighted by Gasteiger charge is -2.26. The largest absolute Gasteiger partial charge is 0.465 e. The lowest BCUT2D eigenvalue weighted by atomic mass is 9.98. The van der Waals surface area contributed by atoms with Crippen molar-refractivity contribution in [3.8, 4) is 11.1 Å². The summed E-state index contributed by atoms with van der Waals surface area (Å²) in [4.78, 5) is 16.6. The van der Waals surface area contributed by atoms with E-state index in [-0.39, 0.29) is 11.9 Å². The van der Waals surface area contributed by atoms with Crippen LogP contribution < -0.4 is 4.90 Å². The fraction of sp³-hybridized carbons (Fsp3) is 0.138. The van der Waals surface area contributed by atoms with Crippen molar-refractivity contribution in [3.05, 3.63) is 118 Å². The highest BCUT2D eigenvalue weighted by Gasteiger charge is 2.36. The molecule has 0 aromatic heterocycles. The molecule has 3 nitrogen and oxygen atoms in total. The van der Waals surface area contributed by atoms with Gasteiger partial charge in [0.1, 0.15) is 0 Å². The van der Waals surface area contributed by atoms with Gasteiger partial charge in [0.15, 0.2) is 0 Å². The quantitative estimate of drug-likeness (QED) is 0.342. The zero-order chi connectivity index (χ0) is 23.7. The van der Waals surface area contributed by atoms with Gasteiger partial charge in [0.2, 0.25) is 0 Å². The average molecular weight is 486 g/mol. The van der Waals surface area contributed by atoms with E-state index in [1.807, 2.05) is 24.3 Å². The normalized spacial score (nSPS) is 17.3. The number of benzene rings is 3. The molecule has 0 saturated carbocycles. The SMILES string of the molecule is COC(=O)c1cccc(SC2=C(C)N(c3ccc(-c4ccccc4)cc3)C3=CC(Cl)=CCC32)c1. The van der Waals surface area contributed by atoms with E-state index in [4.69, 9.17) is 16.3 Å². The Labute approximate surface area is 209 Å². The summed E-state index contributed by atoms with van der Waals surface area (Å²) in [6.07, 6.45) is 5.00. The van der Waals surface area contributed by atoms with Crippen LogP contribution in [0.5, 0.6) is 0 Å². The maximum Gasteiger partial charge on any atom is 0.337 e. The van der Waals surface area contributed by atoms with Gasteiger partial charge in [-0.1, -0.05) is 78.0 Å². The number of thioether (sulfide) groups is 1. The van der Waals surface area contributed by atoms with Crippen molar-refractivity contribution < 1.29 is 9.53 Å². The van der Waals surface area contributed by atoms with Crippen molar-refractivity contribution >= 4 is 35.0 Å². The molecule has 1 heterocycles. The van der Waals surface area contributed by atoms with E-state index in [0.717, 1.165) is 22.0 Å². The summed E-state index contributed by atoms with van der Waals surface area (Å²) in [5.41, 5.74) is 6.41. The third-order valence-electron chi connectivity index (χ3n) is 6.17. The molecule has 0 fully saturated rings. The summed E-state index contributed by atoms with van der Waals surface area (Å²) in [5.74, 6) is -0.101. The average Bonchev–Trinajstić information content (AvgIpc) is 3.14. The third-order valence-corrected chi connectivity index (χ3v) is 7.73. The minimum atomic E-state index is -0.326. The first-order valence-electron chi connectivity index (χ1n) is 11.1. The molecule has 5 heteroatoms. The zero-order valence-electron chi connectivity index (χ0n) is 19.0. The molecule has 170 valence electrons. The molecular weight excluding hydrogens is 462 g/mol. The Hall–Kier alpha value is -3.21. The molecule has 1 aliphatic heterocycles. The van der Waals surface area contributed by atoms with Crippen molar-refractivity contribution in [2.24, 2.45) is 5.92 Å². The molecule has 0 amide bonds. The number of hydrogen-bond donors (Lipinski definition) is 0. The second kappa shape index (κ2) is 9.57. The van der Waals surface area contributed by atoms with Gasteiger partial charge in [-0.2, -0.15) is 0 Å². The highest BCUT2D eigenvalue weighted by Crippen LogP contribution is 2.51. The molecular formula is C29H24ClNO2S. The Morgan fingerprint density at radius 1 is 1.00 bits per heavy atom. The van der Waals surface area contributed by atoms with Crippen LogP contribution in [-0.4, -0.2) is 13.1 Å². The topological polar surface area (TPSA) is 29.5 Å². The Bertz CT molecular complexity index is 1330. The van der Waals surface area contributed by atoms with Gasteiger partial charge < -0.3 is 9.64 Å². The van der Waals surface area contributed by atoms with Gasteiger partial charge in [-0.25, -0.2) is 4.79 Å². The lowest BCUT2D eigenvalue weighted by Crippen LogP contribution is -2.19. The van der Waals surface area contributed by atoms with Gasteiger partial charge in [-0.15, -0.1) is 0 Å².